The lowest BCUT2D eigenvalue weighted by atomic mass is 9.81. The summed E-state index contributed by atoms with van der Waals surface area (Å²) >= 11 is 0. The molecule has 2 rings (SSSR count). The van der Waals surface area contributed by atoms with Crippen LogP contribution in [0.5, 0.6) is 0 Å². The van der Waals surface area contributed by atoms with E-state index in [1.807, 2.05) is 7.05 Å². The number of carbonyl (C=O) groups excluding carboxylic acids is 1. The Morgan fingerprint density at radius 2 is 2.18 bits per heavy atom. The van der Waals surface area contributed by atoms with Gasteiger partial charge in [-0.2, -0.15) is 0 Å². The van der Waals surface area contributed by atoms with Gasteiger partial charge in [-0.1, -0.05) is 6.92 Å². The highest BCUT2D eigenvalue weighted by atomic mass is 16.5. The van der Waals surface area contributed by atoms with Gasteiger partial charge in [-0.25, -0.2) is 0 Å². The van der Waals surface area contributed by atoms with Crippen LogP contribution >= 0.6 is 0 Å². The first-order valence-corrected chi connectivity index (χ1v) is 6.68. The highest BCUT2D eigenvalue weighted by Gasteiger charge is 2.34. The zero-order valence-corrected chi connectivity index (χ0v) is 11.0. The number of nitrogens with one attached hydrogen (secondary N) is 1. The summed E-state index contributed by atoms with van der Waals surface area (Å²) in [5, 5.41) is 3.12. The van der Waals surface area contributed by atoms with Crippen LogP contribution in [-0.2, 0) is 9.53 Å². The van der Waals surface area contributed by atoms with Crippen molar-refractivity contribution in [1.29, 1.82) is 0 Å². The Balaban J connectivity index is 1.95. The van der Waals surface area contributed by atoms with E-state index < -0.39 is 0 Å². The van der Waals surface area contributed by atoms with E-state index in [9.17, 15) is 4.79 Å². The number of hydrogen-bond acceptors (Lipinski definition) is 3. The fourth-order valence-corrected chi connectivity index (χ4v) is 2.85. The van der Waals surface area contributed by atoms with E-state index in [4.69, 9.17) is 4.74 Å². The van der Waals surface area contributed by atoms with Gasteiger partial charge in [0.1, 0.15) is 0 Å². The molecule has 0 saturated carbocycles. The Hall–Kier alpha value is -0.610. The lowest BCUT2D eigenvalue weighted by molar-refractivity contribution is -0.138. The van der Waals surface area contributed by atoms with Gasteiger partial charge < -0.3 is 15.0 Å². The fraction of sp³-hybridized carbons (Fsp3) is 0.923. The molecule has 0 aliphatic carbocycles. The molecule has 4 nitrogen and oxygen atoms in total. The number of hydrogen-bond donors (Lipinski definition) is 1. The third kappa shape index (κ3) is 2.99. The fourth-order valence-electron chi connectivity index (χ4n) is 2.85. The quantitative estimate of drug-likeness (QED) is 0.800. The normalized spacial score (nSPS) is 29.4. The number of likely N-dealkylation sites (tertiary alicyclic amines) is 1. The van der Waals surface area contributed by atoms with Crippen molar-refractivity contribution in [3.63, 3.8) is 0 Å². The first-order chi connectivity index (χ1) is 8.14. The summed E-state index contributed by atoms with van der Waals surface area (Å²) in [5.74, 6) is 0.284. The summed E-state index contributed by atoms with van der Waals surface area (Å²) < 4.78 is 5.41. The van der Waals surface area contributed by atoms with Gasteiger partial charge in [0, 0.05) is 26.3 Å². The molecule has 2 aliphatic rings. The van der Waals surface area contributed by atoms with Crippen molar-refractivity contribution in [2.45, 2.75) is 38.6 Å². The monoisotopic (exact) mass is 240 g/mol. The van der Waals surface area contributed by atoms with Crippen LogP contribution in [0.25, 0.3) is 0 Å². The third-order valence-electron chi connectivity index (χ3n) is 4.15. The second-order valence-corrected chi connectivity index (χ2v) is 5.67. The molecule has 17 heavy (non-hydrogen) atoms. The molecule has 0 bridgehead atoms. The summed E-state index contributed by atoms with van der Waals surface area (Å²) in [6, 6.07) is 0.0344. The predicted molar refractivity (Wildman–Crippen MR) is 66.8 cm³/mol. The van der Waals surface area contributed by atoms with Crippen molar-refractivity contribution in [2.24, 2.45) is 5.41 Å². The number of carbonyl (C=O) groups is 1. The number of nitrogens with zero attached hydrogens (tertiary/aromatic N) is 1. The molecule has 1 unspecified atom stereocenters. The molecule has 1 atom stereocenters. The van der Waals surface area contributed by atoms with Crippen molar-refractivity contribution >= 4 is 5.91 Å². The number of likely N-dealkylation sites (N-methyl/N-ethyl adjacent to an activating group) is 1. The van der Waals surface area contributed by atoms with Crippen LogP contribution in [0.2, 0.25) is 0 Å². The van der Waals surface area contributed by atoms with Crippen molar-refractivity contribution in [2.75, 3.05) is 33.4 Å². The largest absolute Gasteiger partial charge is 0.381 e. The smallest absolute Gasteiger partial charge is 0.239 e. The molecule has 0 spiro atoms. The van der Waals surface area contributed by atoms with Gasteiger partial charge in [0.05, 0.1) is 6.04 Å². The summed E-state index contributed by atoms with van der Waals surface area (Å²) in [5.41, 5.74) is 0.254. The summed E-state index contributed by atoms with van der Waals surface area (Å²) in [6.45, 7) is 5.79. The van der Waals surface area contributed by atoms with Crippen molar-refractivity contribution in [1.82, 2.24) is 10.2 Å². The third-order valence-corrected chi connectivity index (χ3v) is 4.15. The molecule has 98 valence electrons. The Morgan fingerprint density at radius 3 is 2.82 bits per heavy atom. The molecule has 0 aromatic carbocycles. The van der Waals surface area contributed by atoms with Crippen LogP contribution in [-0.4, -0.2) is 50.2 Å². The van der Waals surface area contributed by atoms with Crippen LogP contribution in [0.15, 0.2) is 0 Å². The molecular formula is C13H24N2O2. The molecule has 0 aromatic rings. The van der Waals surface area contributed by atoms with Gasteiger partial charge in [0.15, 0.2) is 0 Å². The second-order valence-electron chi connectivity index (χ2n) is 5.67. The van der Waals surface area contributed by atoms with E-state index in [0.717, 1.165) is 52.0 Å². The number of piperidine rings is 1. The maximum absolute atomic E-state index is 12.2. The van der Waals surface area contributed by atoms with Gasteiger partial charge in [0.2, 0.25) is 5.91 Å². The second kappa shape index (κ2) is 5.36. The average Bonchev–Trinajstić information content (AvgIpc) is 2.32. The predicted octanol–water partition coefficient (Wildman–Crippen LogP) is 1.01. The molecule has 1 amide bonds. The van der Waals surface area contributed by atoms with Gasteiger partial charge in [-0.05, 0) is 38.1 Å². The van der Waals surface area contributed by atoms with Crippen molar-refractivity contribution in [3.05, 3.63) is 0 Å². The van der Waals surface area contributed by atoms with Gasteiger partial charge in [-0.15, -0.1) is 0 Å². The van der Waals surface area contributed by atoms with Crippen molar-refractivity contribution in [3.8, 4) is 0 Å². The van der Waals surface area contributed by atoms with E-state index in [-0.39, 0.29) is 17.4 Å². The molecule has 2 aliphatic heterocycles. The highest BCUT2D eigenvalue weighted by Crippen LogP contribution is 2.31. The first kappa shape index (κ1) is 12.8. The van der Waals surface area contributed by atoms with E-state index in [1.165, 1.54) is 0 Å². The number of rotatable bonds is 3. The van der Waals surface area contributed by atoms with Gasteiger partial charge >= 0.3 is 0 Å². The topological polar surface area (TPSA) is 41.6 Å². The van der Waals surface area contributed by atoms with Crippen molar-refractivity contribution < 1.29 is 9.53 Å². The van der Waals surface area contributed by atoms with Crippen LogP contribution in [0, 0.1) is 5.41 Å². The summed E-state index contributed by atoms with van der Waals surface area (Å²) in [7, 11) is 1.88. The maximum Gasteiger partial charge on any atom is 0.239 e. The minimum Gasteiger partial charge on any atom is -0.381 e. The average molecular weight is 240 g/mol. The molecule has 0 radical (unpaired) electrons. The summed E-state index contributed by atoms with van der Waals surface area (Å²) in [6.07, 6.45) is 4.23. The van der Waals surface area contributed by atoms with E-state index in [2.05, 4.69) is 17.1 Å². The zero-order chi connectivity index (χ0) is 12.3. The minimum atomic E-state index is 0.0344. The SMILES string of the molecule is CNC1CCCN(CC2(C)CCOCC2)C1=O. The maximum atomic E-state index is 12.2. The van der Waals surface area contributed by atoms with Gasteiger partial charge in [0.25, 0.3) is 0 Å². The molecule has 0 aromatic heterocycles. The standard InChI is InChI=1S/C13H24N2O2/c1-13(5-8-17-9-6-13)10-15-7-3-4-11(14-2)12(15)16/h11,14H,3-10H2,1-2H3. The Morgan fingerprint density at radius 1 is 1.47 bits per heavy atom. The highest BCUT2D eigenvalue weighted by molar-refractivity contribution is 5.82. The molecule has 1 N–H and O–H groups in total. The molecule has 2 fully saturated rings. The Labute approximate surface area is 104 Å². The van der Waals surface area contributed by atoms with Crippen LogP contribution in [0.3, 0.4) is 0 Å². The Bertz CT molecular complexity index is 275. The van der Waals surface area contributed by atoms with E-state index in [0.29, 0.717) is 0 Å². The number of ether oxygens (including phenoxy) is 1. The van der Waals surface area contributed by atoms with E-state index in [1.54, 1.807) is 0 Å². The first-order valence-electron chi connectivity index (χ1n) is 6.68. The Kier molecular flexibility index (Phi) is 4.05. The molecule has 2 saturated heterocycles. The lowest BCUT2D eigenvalue weighted by Gasteiger charge is -2.41. The van der Waals surface area contributed by atoms with Crippen LogP contribution in [0.1, 0.15) is 32.6 Å². The number of amides is 1. The van der Waals surface area contributed by atoms with Crippen LogP contribution < -0.4 is 5.32 Å². The zero-order valence-electron chi connectivity index (χ0n) is 11.0. The lowest BCUT2D eigenvalue weighted by Crippen LogP contribution is -2.53. The van der Waals surface area contributed by atoms with Crippen LogP contribution in [0.4, 0.5) is 0 Å². The molecule has 4 heteroatoms. The van der Waals surface area contributed by atoms with Gasteiger partial charge in [-0.3, -0.25) is 4.79 Å². The van der Waals surface area contributed by atoms with E-state index >= 15 is 0 Å². The minimum absolute atomic E-state index is 0.0344. The molecule has 2 heterocycles. The molecular weight excluding hydrogens is 216 g/mol. The summed E-state index contributed by atoms with van der Waals surface area (Å²) in [4.78, 5) is 14.3.